The zero-order valence-electron chi connectivity index (χ0n) is 6.36. The van der Waals surface area contributed by atoms with Crippen LogP contribution in [0.2, 0.25) is 0 Å². The van der Waals surface area contributed by atoms with E-state index in [0.29, 0.717) is 0 Å². The van der Waals surface area contributed by atoms with Crippen molar-refractivity contribution >= 4 is 0 Å². The van der Waals surface area contributed by atoms with Gasteiger partial charge in [-0.25, -0.2) is 0 Å². The molecule has 0 spiro atoms. The van der Waals surface area contributed by atoms with Crippen LogP contribution in [0.1, 0.15) is 27.2 Å². The van der Waals surface area contributed by atoms with Crippen LogP contribution < -0.4 is 11.5 Å². The molecular weight excluding hydrogens is 100 g/mol. The Morgan fingerprint density at radius 1 is 1.25 bits per heavy atom. The number of hydrogen-bond acceptors (Lipinski definition) is 2. The van der Waals surface area contributed by atoms with E-state index in [4.69, 9.17) is 5.73 Å². The zero-order valence-corrected chi connectivity index (χ0v) is 6.36. The molecule has 0 amide bonds. The molecular formula is C6H18N2. The minimum atomic E-state index is 0.0417. The van der Waals surface area contributed by atoms with Crippen molar-refractivity contribution in [3.05, 3.63) is 0 Å². The first-order valence-electron chi connectivity index (χ1n) is 2.93. The second kappa shape index (κ2) is 5.06. The van der Waals surface area contributed by atoms with E-state index >= 15 is 0 Å². The van der Waals surface area contributed by atoms with Crippen LogP contribution in [0.3, 0.4) is 0 Å². The number of rotatable bonds is 1. The van der Waals surface area contributed by atoms with Crippen LogP contribution in [0.15, 0.2) is 0 Å². The molecule has 0 atom stereocenters. The summed E-state index contributed by atoms with van der Waals surface area (Å²) in [6.07, 6.45) is 1.05. The number of hydrogen-bond donors (Lipinski definition) is 2. The summed E-state index contributed by atoms with van der Waals surface area (Å²) in [6, 6.07) is 0. The summed E-state index contributed by atoms with van der Waals surface area (Å²) in [5, 5.41) is 0. The Kier molecular flexibility index (Phi) is 6.85. The fourth-order valence-electron chi connectivity index (χ4n) is 0. The van der Waals surface area contributed by atoms with Crippen molar-refractivity contribution in [1.82, 2.24) is 0 Å². The van der Waals surface area contributed by atoms with Crippen molar-refractivity contribution in [3.63, 3.8) is 0 Å². The molecule has 52 valence electrons. The molecule has 2 nitrogen and oxygen atoms in total. The molecule has 0 unspecified atom stereocenters. The Balaban J connectivity index is 0. The highest BCUT2D eigenvalue weighted by Gasteiger charge is 2.03. The molecule has 0 heterocycles. The fourth-order valence-corrected chi connectivity index (χ4v) is 0. The highest BCUT2D eigenvalue weighted by molar-refractivity contribution is 4.66. The van der Waals surface area contributed by atoms with Crippen molar-refractivity contribution in [2.45, 2.75) is 32.7 Å². The van der Waals surface area contributed by atoms with Crippen LogP contribution in [0, 0.1) is 0 Å². The molecule has 2 heteroatoms. The summed E-state index contributed by atoms with van der Waals surface area (Å²) in [4.78, 5) is 0. The molecule has 0 radical (unpaired) electrons. The van der Waals surface area contributed by atoms with Gasteiger partial charge < -0.3 is 11.5 Å². The van der Waals surface area contributed by atoms with E-state index in [0.717, 1.165) is 6.42 Å². The normalized spacial score (nSPS) is 9.75. The molecule has 4 N–H and O–H groups in total. The Bertz CT molecular complexity index is 36.3. The molecule has 0 aromatic heterocycles. The van der Waals surface area contributed by atoms with E-state index in [9.17, 15) is 0 Å². The number of nitrogens with two attached hydrogens (primary N) is 2. The first-order valence-corrected chi connectivity index (χ1v) is 2.93. The molecule has 0 rings (SSSR count). The van der Waals surface area contributed by atoms with E-state index in [1.54, 1.807) is 0 Å². The van der Waals surface area contributed by atoms with Crippen molar-refractivity contribution in [2.24, 2.45) is 11.5 Å². The van der Waals surface area contributed by atoms with Crippen LogP contribution in [-0.2, 0) is 0 Å². The standard InChI is InChI=1S/C5H13N.CH5N/c1-4-5(2,3)6;1-2/h4,6H2,1-3H3;2H2,1H3. The van der Waals surface area contributed by atoms with E-state index < -0.39 is 0 Å². The van der Waals surface area contributed by atoms with Gasteiger partial charge in [0.1, 0.15) is 0 Å². The summed E-state index contributed by atoms with van der Waals surface area (Å²) in [6.45, 7) is 6.12. The lowest BCUT2D eigenvalue weighted by Crippen LogP contribution is -2.30. The molecule has 0 aliphatic heterocycles. The summed E-state index contributed by atoms with van der Waals surface area (Å²) in [5.74, 6) is 0. The molecule has 0 saturated heterocycles. The van der Waals surface area contributed by atoms with Gasteiger partial charge in [0, 0.05) is 5.54 Å². The largest absolute Gasteiger partial charge is 0.333 e. The van der Waals surface area contributed by atoms with Crippen LogP contribution in [0.5, 0.6) is 0 Å². The third-order valence-electron chi connectivity index (χ3n) is 0.911. The van der Waals surface area contributed by atoms with Gasteiger partial charge in [0.05, 0.1) is 0 Å². The summed E-state index contributed by atoms with van der Waals surface area (Å²) in [7, 11) is 1.50. The van der Waals surface area contributed by atoms with Gasteiger partial charge in [0.15, 0.2) is 0 Å². The second-order valence-corrected chi connectivity index (χ2v) is 2.34. The third kappa shape index (κ3) is 16.8. The Morgan fingerprint density at radius 2 is 1.38 bits per heavy atom. The van der Waals surface area contributed by atoms with Crippen molar-refractivity contribution in [1.29, 1.82) is 0 Å². The SMILES string of the molecule is CCC(C)(C)N.CN. The van der Waals surface area contributed by atoms with E-state index in [1.807, 2.05) is 13.8 Å². The predicted molar refractivity (Wildman–Crippen MR) is 38.7 cm³/mol. The van der Waals surface area contributed by atoms with E-state index in [-0.39, 0.29) is 5.54 Å². The first kappa shape index (κ1) is 10.8. The van der Waals surface area contributed by atoms with Crippen molar-refractivity contribution < 1.29 is 0 Å². The lowest BCUT2D eigenvalue weighted by molar-refractivity contribution is 0.501. The first-order chi connectivity index (χ1) is 3.56. The average molecular weight is 118 g/mol. The van der Waals surface area contributed by atoms with Gasteiger partial charge in [-0.2, -0.15) is 0 Å². The minimum absolute atomic E-state index is 0.0417. The molecule has 0 aromatic rings. The molecule has 0 aliphatic rings. The molecule has 0 bridgehead atoms. The molecule has 8 heavy (non-hydrogen) atoms. The highest BCUT2D eigenvalue weighted by atomic mass is 14.7. The Labute approximate surface area is 52.2 Å². The Morgan fingerprint density at radius 3 is 1.38 bits per heavy atom. The topological polar surface area (TPSA) is 52.0 Å². The Hall–Kier alpha value is -0.0800. The van der Waals surface area contributed by atoms with Crippen LogP contribution in [0.4, 0.5) is 0 Å². The summed E-state index contributed by atoms with van der Waals surface area (Å²) >= 11 is 0. The van der Waals surface area contributed by atoms with Gasteiger partial charge in [-0.3, -0.25) is 0 Å². The van der Waals surface area contributed by atoms with Gasteiger partial charge >= 0.3 is 0 Å². The van der Waals surface area contributed by atoms with Crippen LogP contribution in [-0.4, -0.2) is 12.6 Å². The van der Waals surface area contributed by atoms with Crippen molar-refractivity contribution in [3.8, 4) is 0 Å². The van der Waals surface area contributed by atoms with Crippen LogP contribution in [0.25, 0.3) is 0 Å². The quantitative estimate of drug-likeness (QED) is 0.532. The highest BCUT2D eigenvalue weighted by Crippen LogP contribution is 1.99. The molecule has 0 aliphatic carbocycles. The van der Waals surface area contributed by atoms with Gasteiger partial charge in [-0.05, 0) is 27.3 Å². The third-order valence-corrected chi connectivity index (χ3v) is 0.911. The van der Waals surface area contributed by atoms with E-state index in [1.165, 1.54) is 7.05 Å². The van der Waals surface area contributed by atoms with Gasteiger partial charge in [0.2, 0.25) is 0 Å². The monoisotopic (exact) mass is 118 g/mol. The zero-order chi connectivity index (χ0) is 7.21. The van der Waals surface area contributed by atoms with Gasteiger partial charge in [0.25, 0.3) is 0 Å². The predicted octanol–water partition coefficient (Wildman–Crippen LogP) is 0.709. The lowest BCUT2D eigenvalue weighted by atomic mass is 10.1. The second-order valence-electron chi connectivity index (χ2n) is 2.34. The molecule has 0 fully saturated rings. The summed E-state index contributed by atoms with van der Waals surface area (Å²) < 4.78 is 0. The average Bonchev–Trinajstić information content (AvgIpc) is 1.71. The maximum atomic E-state index is 5.53. The molecule has 0 saturated carbocycles. The van der Waals surface area contributed by atoms with Crippen LogP contribution >= 0.6 is 0 Å². The molecule has 0 aromatic carbocycles. The van der Waals surface area contributed by atoms with E-state index in [2.05, 4.69) is 12.7 Å². The smallest absolute Gasteiger partial charge is 0.00944 e. The van der Waals surface area contributed by atoms with Gasteiger partial charge in [-0.1, -0.05) is 6.92 Å². The lowest BCUT2D eigenvalue weighted by Gasteiger charge is -2.13. The van der Waals surface area contributed by atoms with Crippen molar-refractivity contribution in [2.75, 3.05) is 7.05 Å². The maximum Gasteiger partial charge on any atom is 0.00944 e. The maximum absolute atomic E-state index is 5.53. The van der Waals surface area contributed by atoms with Gasteiger partial charge in [-0.15, -0.1) is 0 Å². The minimum Gasteiger partial charge on any atom is -0.333 e. The fraction of sp³-hybridized carbons (Fsp3) is 1.00. The summed E-state index contributed by atoms with van der Waals surface area (Å²) in [5.41, 5.74) is 10.1.